The summed E-state index contributed by atoms with van der Waals surface area (Å²) < 4.78 is 27.7. The number of benzene rings is 2. The van der Waals surface area contributed by atoms with Crippen molar-refractivity contribution in [1.82, 2.24) is 4.31 Å². The first-order valence-corrected chi connectivity index (χ1v) is 10.6. The molecule has 0 unspecified atom stereocenters. The molecular formula is C17H16ClIN2O3S. The van der Waals surface area contributed by atoms with Crippen LogP contribution in [0.25, 0.3) is 0 Å². The molecule has 1 aliphatic heterocycles. The Labute approximate surface area is 165 Å². The molecule has 0 aromatic heterocycles. The Bertz CT molecular complexity index is 912. The number of rotatable bonds is 4. The summed E-state index contributed by atoms with van der Waals surface area (Å²) in [6.07, 6.45) is 1.69. The Kier molecular flexibility index (Phi) is 5.67. The van der Waals surface area contributed by atoms with Gasteiger partial charge >= 0.3 is 0 Å². The Balaban J connectivity index is 1.89. The molecule has 0 radical (unpaired) electrons. The van der Waals surface area contributed by atoms with Gasteiger partial charge in [-0.3, -0.25) is 4.79 Å². The molecule has 1 saturated heterocycles. The highest BCUT2D eigenvalue weighted by Crippen LogP contribution is 2.30. The lowest BCUT2D eigenvalue weighted by atomic mass is 10.2. The van der Waals surface area contributed by atoms with Crippen molar-refractivity contribution in [3.05, 3.63) is 56.6 Å². The third-order valence-electron chi connectivity index (χ3n) is 3.99. The fourth-order valence-electron chi connectivity index (χ4n) is 2.69. The zero-order valence-corrected chi connectivity index (χ0v) is 16.9. The van der Waals surface area contributed by atoms with Crippen LogP contribution in [-0.4, -0.2) is 31.7 Å². The Hall–Kier alpha value is -1.16. The van der Waals surface area contributed by atoms with Crippen LogP contribution in [0, 0.1) is 3.57 Å². The van der Waals surface area contributed by atoms with Gasteiger partial charge in [-0.2, -0.15) is 4.31 Å². The van der Waals surface area contributed by atoms with Gasteiger partial charge in [0.1, 0.15) is 4.90 Å². The molecule has 5 nitrogen and oxygen atoms in total. The number of hydrogen-bond acceptors (Lipinski definition) is 3. The van der Waals surface area contributed by atoms with Gasteiger partial charge < -0.3 is 5.32 Å². The van der Waals surface area contributed by atoms with Crippen LogP contribution in [0.2, 0.25) is 5.02 Å². The first-order chi connectivity index (χ1) is 11.9. The van der Waals surface area contributed by atoms with Crippen LogP contribution in [-0.2, 0) is 10.0 Å². The summed E-state index contributed by atoms with van der Waals surface area (Å²) in [6, 6.07) is 11.7. The lowest BCUT2D eigenvalue weighted by Crippen LogP contribution is -2.28. The molecule has 0 bridgehead atoms. The van der Waals surface area contributed by atoms with Crippen LogP contribution in [0.5, 0.6) is 0 Å². The summed E-state index contributed by atoms with van der Waals surface area (Å²) in [4.78, 5) is 12.5. The molecule has 0 atom stereocenters. The van der Waals surface area contributed by atoms with Crippen LogP contribution in [0.3, 0.4) is 0 Å². The fourth-order valence-corrected chi connectivity index (χ4v) is 5.34. The van der Waals surface area contributed by atoms with Gasteiger partial charge in [-0.1, -0.05) is 23.7 Å². The smallest absolute Gasteiger partial charge is 0.256 e. The second kappa shape index (κ2) is 7.61. The highest BCUT2D eigenvalue weighted by atomic mass is 127. The second-order valence-electron chi connectivity index (χ2n) is 5.69. The van der Waals surface area contributed by atoms with Crippen molar-refractivity contribution in [2.24, 2.45) is 0 Å². The Morgan fingerprint density at radius 1 is 1.12 bits per heavy atom. The van der Waals surface area contributed by atoms with Gasteiger partial charge in [0.15, 0.2) is 0 Å². The summed E-state index contributed by atoms with van der Waals surface area (Å²) in [7, 11) is -3.65. The molecule has 25 heavy (non-hydrogen) atoms. The van der Waals surface area contributed by atoms with Gasteiger partial charge in [-0.15, -0.1) is 0 Å². The first kappa shape index (κ1) is 18.6. The van der Waals surface area contributed by atoms with Crippen molar-refractivity contribution >= 4 is 55.8 Å². The van der Waals surface area contributed by atoms with Gasteiger partial charge in [0.2, 0.25) is 10.0 Å². The normalized spacial score (nSPS) is 15.3. The molecule has 1 aliphatic rings. The quantitative estimate of drug-likeness (QED) is 0.659. The van der Waals surface area contributed by atoms with Crippen molar-refractivity contribution in [2.45, 2.75) is 17.7 Å². The number of carbonyl (C=O) groups is 1. The zero-order chi connectivity index (χ0) is 18.0. The van der Waals surface area contributed by atoms with Gasteiger partial charge in [0.05, 0.1) is 10.6 Å². The SMILES string of the molecule is O=C(Nc1ccc(Cl)c(S(=O)(=O)N2CCCC2)c1)c1ccccc1I. The van der Waals surface area contributed by atoms with Crippen molar-refractivity contribution in [1.29, 1.82) is 0 Å². The fraction of sp³-hybridized carbons (Fsp3) is 0.235. The van der Waals surface area contributed by atoms with Crippen molar-refractivity contribution < 1.29 is 13.2 Å². The third kappa shape index (κ3) is 3.99. The summed E-state index contributed by atoms with van der Waals surface area (Å²) in [6.45, 7) is 0.995. The average Bonchev–Trinajstić information content (AvgIpc) is 3.12. The molecule has 2 aromatic rings. The van der Waals surface area contributed by atoms with Crippen LogP contribution in [0.15, 0.2) is 47.4 Å². The molecule has 1 N–H and O–H groups in total. The standard InChI is InChI=1S/C17H16ClIN2O3S/c18-14-8-7-12(20-17(22)13-5-1-2-6-15(13)19)11-16(14)25(23,24)21-9-3-4-10-21/h1-2,5-8,11H,3-4,9-10H2,(H,20,22). The number of carbonyl (C=O) groups excluding carboxylic acids is 1. The number of sulfonamides is 1. The monoisotopic (exact) mass is 490 g/mol. The highest BCUT2D eigenvalue weighted by Gasteiger charge is 2.29. The minimum absolute atomic E-state index is 0.0247. The van der Waals surface area contributed by atoms with Crippen LogP contribution in [0.1, 0.15) is 23.2 Å². The van der Waals surface area contributed by atoms with E-state index in [9.17, 15) is 13.2 Å². The number of halogens is 2. The molecule has 0 saturated carbocycles. The van der Waals surface area contributed by atoms with E-state index in [0.717, 1.165) is 16.4 Å². The molecule has 0 aliphatic carbocycles. The van der Waals surface area contributed by atoms with E-state index >= 15 is 0 Å². The maximum atomic E-state index is 12.7. The molecule has 8 heteroatoms. The van der Waals surface area contributed by atoms with Gasteiger partial charge in [-0.05, 0) is 65.8 Å². The number of nitrogens with zero attached hydrogens (tertiary/aromatic N) is 1. The van der Waals surface area contributed by atoms with E-state index in [1.807, 2.05) is 12.1 Å². The van der Waals surface area contributed by atoms with E-state index in [2.05, 4.69) is 27.9 Å². The van der Waals surface area contributed by atoms with E-state index < -0.39 is 10.0 Å². The lowest BCUT2D eigenvalue weighted by molar-refractivity contribution is 0.102. The number of nitrogens with one attached hydrogen (secondary N) is 1. The predicted molar refractivity (Wildman–Crippen MR) is 107 cm³/mol. The summed E-state index contributed by atoms with van der Waals surface area (Å²) in [5.74, 6) is -0.295. The average molecular weight is 491 g/mol. The summed E-state index contributed by atoms with van der Waals surface area (Å²) >= 11 is 8.20. The molecule has 1 fully saturated rings. The van der Waals surface area contributed by atoms with Crippen LogP contribution in [0.4, 0.5) is 5.69 Å². The van der Waals surface area contributed by atoms with E-state index in [1.54, 1.807) is 18.2 Å². The molecule has 1 heterocycles. The first-order valence-electron chi connectivity index (χ1n) is 7.75. The summed E-state index contributed by atoms with van der Waals surface area (Å²) in [5, 5.41) is 2.90. The maximum absolute atomic E-state index is 12.7. The van der Waals surface area contributed by atoms with Crippen molar-refractivity contribution in [3.8, 4) is 0 Å². The largest absolute Gasteiger partial charge is 0.322 e. The molecular weight excluding hydrogens is 475 g/mol. The highest BCUT2D eigenvalue weighted by molar-refractivity contribution is 14.1. The van der Waals surface area contributed by atoms with Gasteiger partial charge in [-0.25, -0.2) is 8.42 Å². The van der Waals surface area contributed by atoms with Gasteiger partial charge in [0.25, 0.3) is 5.91 Å². The van der Waals surface area contributed by atoms with Gasteiger partial charge in [0, 0.05) is 22.3 Å². The van der Waals surface area contributed by atoms with Crippen molar-refractivity contribution in [3.63, 3.8) is 0 Å². The Morgan fingerprint density at radius 2 is 1.80 bits per heavy atom. The molecule has 132 valence electrons. The topological polar surface area (TPSA) is 66.5 Å². The number of amides is 1. The Morgan fingerprint density at radius 3 is 2.48 bits per heavy atom. The number of hydrogen-bond donors (Lipinski definition) is 1. The van der Waals surface area contributed by atoms with E-state index in [1.165, 1.54) is 16.4 Å². The lowest BCUT2D eigenvalue weighted by Gasteiger charge is -2.17. The van der Waals surface area contributed by atoms with Crippen LogP contribution < -0.4 is 5.32 Å². The molecule has 2 aromatic carbocycles. The minimum atomic E-state index is -3.65. The summed E-state index contributed by atoms with van der Waals surface area (Å²) in [5.41, 5.74) is 0.925. The molecule has 3 rings (SSSR count). The minimum Gasteiger partial charge on any atom is -0.322 e. The van der Waals surface area contributed by atoms with E-state index in [0.29, 0.717) is 24.3 Å². The van der Waals surface area contributed by atoms with E-state index in [4.69, 9.17) is 11.6 Å². The predicted octanol–water partition coefficient (Wildman–Crippen LogP) is 3.98. The second-order valence-corrected chi connectivity index (χ2v) is 9.17. The van der Waals surface area contributed by atoms with Crippen molar-refractivity contribution in [2.75, 3.05) is 18.4 Å². The molecule has 1 amide bonds. The number of anilines is 1. The van der Waals surface area contributed by atoms with Crippen LogP contribution >= 0.6 is 34.2 Å². The third-order valence-corrected chi connectivity index (χ3v) is 7.31. The van der Waals surface area contributed by atoms with E-state index in [-0.39, 0.29) is 15.8 Å². The zero-order valence-electron chi connectivity index (χ0n) is 13.2. The molecule has 0 spiro atoms. The maximum Gasteiger partial charge on any atom is 0.256 e.